The third-order valence-corrected chi connectivity index (χ3v) is 4.39. The molecule has 0 heterocycles. The molecule has 0 aliphatic carbocycles. The molecule has 0 fully saturated rings. The van der Waals surface area contributed by atoms with Crippen molar-refractivity contribution in [2.45, 2.75) is 13.2 Å². The van der Waals surface area contributed by atoms with Crippen LogP contribution in [0.5, 0.6) is 0 Å². The Hall–Kier alpha value is -1.86. The minimum Gasteiger partial charge on any atom is -0.372 e. The lowest BCUT2D eigenvalue weighted by molar-refractivity contribution is 0.201. The van der Waals surface area contributed by atoms with Crippen LogP contribution in [0.25, 0.3) is 0 Å². The molecular formula is C16H16O6P2. The first-order valence-electron chi connectivity index (χ1n) is 6.96. The molecule has 2 rings (SSSR count). The van der Waals surface area contributed by atoms with Crippen LogP contribution in [-0.4, -0.2) is 4.89 Å². The van der Waals surface area contributed by atoms with Gasteiger partial charge in [-0.25, -0.2) is 9.13 Å². The van der Waals surface area contributed by atoms with Gasteiger partial charge in [0.05, 0.1) is 18.9 Å². The van der Waals surface area contributed by atoms with Crippen molar-refractivity contribution >= 4 is 15.9 Å². The third-order valence-electron chi connectivity index (χ3n) is 2.81. The van der Waals surface area contributed by atoms with E-state index in [0.29, 0.717) is 0 Å². The Morgan fingerprint density at radius 1 is 0.917 bits per heavy atom. The first kappa shape index (κ1) is 18.5. The van der Waals surface area contributed by atoms with E-state index in [0.717, 1.165) is 11.1 Å². The average Bonchev–Trinajstić information content (AvgIpc) is 2.60. The van der Waals surface area contributed by atoms with Crippen LogP contribution in [-0.2, 0) is 35.9 Å². The van der Waals surface area contributed by atoms with Gasteiger partial charge in [0.25, 0.3) is 0 Å². The van der Waals surface area contributed by atoms with E-state index in [2.05, 4.69) is 10.2 Å². The van der Waals surface area contributed by atoms with Crippen molar-refractivity contribution in [3.8, 4) is 11.8 Å². The second-order valence-corrected chi connectivity index (χ2v) is 7.07. The van der Waals surface area contributed by atoms with Crippen molar-refractivity contribution in [2.24, 2.45) is 0 Å². The highest BCUT2D eigenvalue weighted by Gasteiger charge is 2.23. The first-order valence-corrected chi connectivity index (χ1v) is 9.77. The molecule has 2 aromatic carbocycles. The number of rotatable bonds is 7. The highest BCUT2D eigenvalue weighted by molar-refractivity contribution is 7.59. The molecule has 0 aromatic heterocycles. The van der Waals surface area contributed by atoms with Gasteiger partial charge in [-0.1, -0.05) is 60.7 Å². The minimum absolute atomic E-state index is 0.0237. The van der Waals surface area contributed by atoms with Crippen LogP contribution >= 0.6 is 15.9 Å². The highest BCUT2D eigenvalue weighted by Crippen LogP contribution is 2.48. The maximum Gasteiger partial charge on any atom is 0.409 e. The molecule has 0 saturated heterocycles. The molecule has 0 bridgehead atoms. The van der Waals surface area contributed by atoms with E-state index in [4.69, 9.17) is 13.9 Å². The minimum atomic E-state index is -3.83. The summed E-state index contributed by atoms with van der Waals surface area (Å²) in [5.41, 5.74) is 3.75. The van der Waals surface area contributed by atoms with Crippen LogP contribution in [0, 0.1) is 11.8 Å². The van der Waals surface area contributed by atoms with Gasteiger partial charge in [0.15, 0.2) is 0 Å². The molecule has 24 heavy (non-hydrogen) atoms. The number of hydrogen-bond donors (Lipinski definition) is 1. The molecule has 2 aromatic rings. The van der Waals surface area contributed by atoms with Gasteiger partial charge in [0, 0.05) is 0 Å². The lowest BCUT2D eigenvalue weighted by Gasteiger charge is -2.13. The van der Waals surface area contributed by atoms with Crippen molar-refractivity contribution in [1.29, 1.82) is 0 Å². The van der Waals surface area contributed by atoms with E-state index in [9.17, 15) is 9.13 Å². The zero-order chi connectivity index (χ0) is 17.3. The summed E-state index contributed by atoms with van der Waals surface area (Å²) in [7, 11) is -7.07. The molecule has 0 radical (unpaired) electrons. The fraction of sp³-hybridized carbons (Fsp3) is 0.125. The van der Waals surface area contributed by atoms with Crippen LogP contribution in [0.4, 0.5) is 0 Å². The number of benzene rings is 2. The summed E-state index contributed by atoms with van der Waals surface area (Å²) < 4.78 is 38.1. The van der Waals surface area contributed by atoms with Crippen molar-refractivity contribution in [1.82, 2.24) is 0 Å². The predicted octanol–water partition coefficient (Wildman–Crippen LogP) is 3.93. The summed E-state index contributed by atoms with van der Waals surface area (Å²) in [6.07, 6.45) is 1.92. The van der Waals surface area contributed by atoms with E-state index < -0.39 is 15.9 Å². The van der Waals surface area contributed by atoms with Crippen molar-refractivity contribution in [2.75, 3.05) is 0 Å². The van der Waals surface area contributed by atoms with Gasteiger partial charge < -0.3 is 9.42 Å². The summed E-state index contributed by atoms with van der Waals surface area (Å²) in [5.74, 6) is 0. The van der Waals surface area contributed by atoms with E-state index in [1.807, 2.05) is 42.5 Å². The van der Waals surface area contributed by atoms with Gasteiger partial charge in [-0.15, -0.1) is 0 Å². The van der Waals surface area contributed by atoms with Crippen molar-refractivity contribution < 1.29 is 27.6 Å². The molecule has 1 atom stereocenters. The summed E-state index contributed by atoms with van der Waals surface area (Å²) in [5, 5.41) is 0. The van der Waals surface area contributed by atoms with Gasteiger partial charge >= 0.3 is 15.9 Å². The fourth-order valence-electron chi connectivity index (χ4n) is 1.69. The Kier molecular flexibility index (Phi) is 7.27. The normalized spacial score (nSPS) is 12.0. The fourth-order valence-corrected chi connectivity index (χ4v) is 2.92. The Morgan fingerprint density at radius 3 is 1.79 bits per heavy atom. The van der Waals surface area contributed by atoms with E-state index in [1.165, 1.54) is 0 Å². The topological polar surface area (TPSA) is 82.1 Å². The SMILES string of the molecule is O=[PH](O)OC#CP(=O)(OCc1ccccc1)OCc1ccccc1. The van der Waals surface area contributed by atoms with Gasteiger partial charge in [-0.3, -0.25) is 9.05 Å². The Bertz CT molecular complexity index is 720. The first-order chi connectivity index (χ1) is 11.6. The van der Waals surface area contributed by atoms with Crippen LogP contribution in [0.15, 0.2) is 60.7 Å². The van der Waals surface area contributed by atoms with Crippen LogP contribution in [0.3, 0.4) is 0 Å². The second-order valence-electron chi connectivity index (χ2n) is 4.60. The van der Waals surface area contributed by atoms with Gasteiger partial charge in [0.1, 0.15) is 6.11 Å². The molecule has 6 nitrogen and oxygen atoms in total. The van der Waals surface area contributed by atoms with Gasteiger partial charge in [-0.2, -0.15) is 0 Å². The molecule has 126 valence electrons. The molecule has 0 saturated carbocycles. The maximum absolute atomic E-state index is 12.7. The standard InChI is InChI=1S/C16H16O6P2/c17-23(18)20-11-12-24(19,21-13-15-7-3-1-4-8-15)22-14-16-9-5-2-6-10-16/h1-10,23H,13-14H2,(H,17,18). The van der Waals surface area contributed by atoms with Crippen LogP contribution in [0.2, 0.25) is 0 Å². The van der Waals surface area contributed by atoms with E-state index in [-0.39, 0.29) is 13.2 Å². The zero-order valence-electron chi connectivity index (χ0n) is 12.6. The summed E-state index contributed by atoms with van der Waals surface area (Å²) >= 11 is 0. The lowest BCUT2D eigenvalue weighted by atomic mass is 10.2. The molecule has 0 amide bonds. The molecule has 0 spiro atoms. The third kappa shape index (κ3) is 6.72. The monoisotopic (exact) mass is 366 g/mol. The molecule has 1 unspecified atom stereocenters. The second kappa shape index (κ2) is 9.44. The summed E-state index contributed by atoms with van der Waals surface area (Å²) in [6, 6.07) is 18.2. The van der Waals surface area contributed by atoms with Gasteiger partial charge in [0.2, 0.25) is 0 Å². The van der Waals surface area contributed by atoms with E-state index in [1.54, 1.807) is 24.3 Å². The largest absolute Gasteiger partial charge is 0.409 e. The van der Waals surface area contributed by atoms with E-state index >= 15 is 0 Å². The maximum atomic E-state index is 12.7. The van der Waals surface area contributed by atoms with Crippen LogP contribution < -0.4 is 0 Å². The summed E-state index contributed by atoms with van der Waals surface area (Å²) in [4.78, 5) is 8.62. The predicted molar refractivity (Wildman–Crippen MR) is 90.1 cm³/mol. The van der Waals surface area contributed by atoms with Crippen molar-refractivity contribution in [3.05, 3.63) is 71.8 Å². The Labute approximate surface area is 140 Å². The molecule has 0 aliphatic heterocycles. The molecule has 0 aliphatic rings. The van der Waals surface area contributed by atoms with Gasteiger partial charge in [-0.05, 0) is 11.1 Å². The quantitative estimate of drug-likeness (QED) is 0.591. The smallest absolute Gasteiger partial charge is 0.372 e. The Balaban J connectivity index is 2.06. The number of hydrogen-bond acceptors (Lipinski definition) is 5. The van der Waals surface area contributed by atoms with Crippen LogP contribution in [0.1, 0.15) is 11.1 Å². The average molecular weight is 366 g/mol. The zero-order valence-corrected chi connectivity index (χ0v) is 14.5. The highest BCUT2D eigenvalue weighted by atomic mass is 31.2. The lowest BCUT2D eigenvalue weighted by Crippen LogP contribution is -1.96. The summed E-state index contributed by atoms with van der Waals surface area (Å²) in [6.45, 7) is 0.0474. The van der Waals surface area contributed by atoms with Crippen molar-refractivity contribution in [3.63, 3.8) is 0 Å². The molecule has 1 N–H and O–H groups in total. The molecule has 8 heteroatoms. The Morgan fingerprint density at radius 2 is 1.38 bits per heavy atom. The molecular weight excluding hydrogens is 350 g/mol.